The molecule has 1 rings (SSSR count). The van der Waals surface area contributed by atoms with Crippen LogP contribution in [0.25, 0.3) is 0 Å². The van der Waals surface area contributed by atoms with Crippen LogP contribution in [0.4, 0.5) is 0 Å². The van der Waals surface area contributed by atoms with Crippen LogP contribution in [0, 0.1) is 0 Å². The van der Waals surface area contributed by atoms with E-state index in [-0.39, 0.29) is 0 Å². The summed E-state index contributed by atoms with van der Waals surface area (Å²) in [5, 5.41) is 0.801. The van der Waals surface area contributed by atoms with Crippen LogP contribution in [-0.4, -0.2) is 6.16 Å². The lowest BCUT2D eigenvalue weighted by Crippen LogP contribution is -2.02. The first-order valence-electron chi connectivity index (χ1n) is 6.51. The molecule has 17 heavy (non-hydrogen) atoms. The molecule has 1 nitrogen and oxygen atoms in total. The highest BCUT2D eigenvalue weighted by Gasteiger charge is 2.19. The van der Waals surface area contributed by atoms with Crippen molar-refractivity contribution < 1.29 is 4.57 Å². The van der Waals surface area contributed by atoms with E-state index in [1.54, 1.807) is 0 Å². The molecule has 1 atom stereocenters. The SMILES string of the molecule is CCCCCCCCP(=O)(Cl)c1ccccc1. The molecule has 0 saturated carbocycles. The van der Waals surface area contributed by atoms with E-state index >= 15 is 0 Å². The van der Waals surface area contributed by atoms with Crippen molar-refractivity contribution in [3.05, 3.63) is 30.3 Å². The Morgan fingerprint density at radius 2 is 1.59 bits per heavy atom. The standard InChI is InChI=1S/C14H22ClOP/c1-2-3-4-5-6-10-13-17(15,16)14-11-8-7-9-12-14/h7-9,11-12H,2-6,10,13H2,1H3. The van der Waals surface area contributed by atoms with Gasteiger partial charge in [0.15, 0.2) is 6.49 Å². The molecule has 3 heteroatoms. The van der Waals surface area contributed by atoms with Crippen LogP contribution < -0.4 is 5.30 Å². The topological polar surface area (TPSA) is 17.1 Å². The van der Waals surface area contributed by atoms with E-state index in [0.717, 1.165) is 18.1 Å². The summed E-state index contributed by atoms with van der Waals surface area (Å²) >= 11 is 6.16. The lowest BCUT2D eigenvalue weighted by Gasteiger charge is -2.10. The Labute approximate surface area is 110 Å². The molecule has 0 spiro atoms. The van der Waals surface area contributed by atoms with Crippen LogP contribution in [0.15, 0.2) is 30.3 Å². The van der Waals surface area contributed by atoms with Gasteiger partial charge in [0.05, 0.1) is 0 Å². The molecule has 0 bridgehead atoms. The number of rotatable bonds is 8. The van der Waals surface area contributed by atoms with Crippen molar-refractivity contribution in [2.45, 2.75) is 45.4 Å². The number of unbranched alkanes of at least 4 members (excludes halogenated alkanes) is 5. The van der Waals surface area contributed by atoms with Gasteiger partial charge in [-0.1, -0.05) is 69.4 Å². The zero-order chi connectivity index (χ0) is 12.6. The zero-order valence-corrected chi connectivity index (χ0v) is 12.2. The fourth-order valence-corrected chi connectivity index (χ4v) is 4.08. The fraction of sp³-hybridized carbons (Fsp3) is 0.571. The van der Waals surface area contributed by atoms with Crippen LogP contribution in [0.1, 0.15) is 45.4 Å². The molecule has 0 aliphatic rings. The van der Waals surface area contributed by atoms with Gasteiger partial charge in [0.1, 0.15) is 0 Å². The van der Waals surface area contributed by atoms with Gasteiger partial charge in [-0.05, 0) is 17.7 Å². The summed E-state index contributed by atoms with van der Waals surface area (Å²) in [7, 11) is 0. The minimum Gasteiger partial charge on any atom is -0.302 e. The number of hydrogen-bond donors (Lipinski definition) is 0. The van der Waals surface area contributed by atoms with E-state index in [1.165, 1.54) is 25.7 Å². The molecule has 0 aromatic heterocycles. The third-order valence-electron chi connectivity index (χ3n) is 2.94. The molecule has 1 aromatic rings. The Morgan fingerprint density at radius 3 is 2.24 bits per heavy atom. The van der Waals surface area contributed by atoms with Crippen LogP contribution in [0.5, 0.6) is 0 Å². The van der Waals surface area contributed by atoms with Crippen molar-refractivity contribution in [2.75, 3.05) is 6.16 Å². The average molecular weight is 273 g/mol. The number of halogens is 1. The Balaban J connectivity index is 2.28. The summed E-state index contributed by atoms with van der Waals surface area (Å²) in [4.78, 5) is 0. The number of benzene rings is 1. The molecule has 0 aliphatic heterocycles. The van der Waals surface area contributed by atoms with Crippen LogP contribution >= 0.6 is 17.7 Å². The monoisotopic (exact) mass is 272 g/mol. The van der Waals surface area contributed by atoms with Crippen molar-refractivity contribution in [3.8, 4) is 0 Å². The van der Waals surface area contributed by atoms with Crippen molar-refractivity contribution in [1.82, 2.24) is 0 Å². The molecule has 0 radical (unpaired) electrons. The summed E-state index contributed by atoms with van der Waals surface area (Å²) in [6, 6.07) is 9.44. The Morgan fingerprint density at radius 1 is 1.00 bits per heavy atom. The lowest BCUT2D eigenvalue weighted by molar-refractivity contribution is 0.582. The first kappa shape index (κ1) is 14.8. The quantitative estimate of drug-likeness (QED) is 0.470. The van der Waals surface area contributed by atoms with Crippen molar-refractivity contribution >= 4 is 23.0 Å². The normalized spacial score (nSPS) is 14.5. The third-order valence-corrected chi connectivity index (χ3v) is 5.99. The predicted octanol–water partition coefficient (Wildman–Crippen LogP) is 5.19. The van der Waals surface area contributed by atoms with E-state index in [9.17, 15) is 4.57 Å². The van der Waals surface area contributed by atoms with Crippen molar-refractivity contribution in [3.63, 3.8) is 0 Å². The summed E-state index contributed by atoms with van der Waals surface area (Å²) in [5.74, 6) is 0. The second kappa shape index (κ2) is 7.95. The van der Waals surface area contributed by atoms with Crippen molar-refractivity contribution in [2.24, 2.45) is 0 Å². The molecular formula is C14H22ClOP. The van der Waals surface area contributed by atoms with E-state index < -0.39 is 6.49 Å². The van der Waals surface area contributed by atoms with E-state index in [1.807, 2.05) is 30.3 Å². The molecule has 0 amide bonds. The summed E-state index contributed by atoms with van der Waals surface area (Å²) in [6.07, 6.45) is 7.83. The molecule has 0 saturated heterocycles. The maximum atomic E-state index is 12.3. The first-order chi connectivity index (χ1) is 8.17. The highest BCUT2D eigenvalue weighted by molar-refractivity contribution is 7.95. The highest BCUT2D eigenvalue weighted by Crippen LogP contribution is 2.50. The fourth-order valence-electron chi connectivity index (χ4n) is 1.88. The van der Waals surface area contributed by atoms with Crippen LogP contribution in [0.3, 0.4) is 0 Å². The van der Waals surface area contributed by atoms with E-state index in [4.69, 9.17) is 11.2 Å². The maximum Gasteiger partial charge on any atom is 0.197 e. The van der Waals surface area contributed by atoms with Gasteiger partial charge in [0.25, 0.3) is 0 Å². The van der Waals surface area contributed by atoms with Gasteiger partial charge in [0.2, 0.25) is 0 Å². The van der Waals surface area contributed by atoms with Gasteiger partial charge in [-0.3, -0.25) is 0 Å². The van der Waals surface area contributed by atoms with E-state index in [2.05, 4.69) is 6.92 Å². The molecule has 1 aromatic carbocycles. The largest absolute Gasteiger partial charge is 0.302 e. The highest BCUT2D eigenvalue weighted by atomic mass is 35.7. The van der Waals surface area contributed by atoms with Crippen molar-refractivity contribution in [1.29, 1.82) is 0 Å². The van der Waals surface area contributed by atoms with E-state index in [0.29, 0.717) is 6.16 Å². The van der Waals surface area contributed by atoms with Gasteiger partial charge in [-0.15, -0.1) is 0 Å². The minimum atomic E-state index is -2.63. The van der Waals surface area contributed by atoms with Gasteiger partial charge >= 0.3 is 0 Å². The molecule has 0 heterocycles. The lowest BCUT2D eigenvalue weighted by atomic mass is 10.1. The maximum absolute atomic E-state index is 12.3. The van der Waals surface area contributed by atoms with Crippen LogP contribution in [-0.2, 0) is 4.57 Å². The Kier molecular flexibility index (Phi) is 6.92. The van der Waals surface area contributed by atoms with Gasteiger partial charge in [-0.2, -0.15) is 0 Å². The summed E-state index contributed by atoms with van der Waals surface area (Å²) < 4.78 is 12.3. The molecule has 96 valence electrons. The molecule has 1 unspecified atom stereocenters. The molecule has 0 fully saturated rings. The predicted molar refractivity (Wildman–Crippen MR) is 77.8 cm³/mol. The second-order valence-electron chi connectivity index (χ2n) is 4.48. The summed E-state index contributed by atoms with van der Waals surface area (Å²) in [5.41, 5.74) is 0. The van der Waals surface area contributed by atoms with Gasteiger partial charge in [-0.25, -0.2) is 0 Å². The average Bonchev–Trinajstić information content (AvgIpc) is 2.35. The van der Waals surface area contributed by atoms with Gasteiger partial charge < -0.3 is 4.57 Å². The second-order valence-corrected chi connectivity index (χ2v) is 8.38. The molecule has 0 N–H and O–H groups in total. The first-order valence-corrected chi connectivity index (χ1v) is 9.31. The zero-order valence-electron chi connectivity index (χ0n) is 10.6. The molecule has 0 aliphatic carbocycles. The molecular weight excluding hydrogens is 251 g/mol. The Bertz CT molecular complexity index is 350. The summed E-state index contributed by atoms with van der Waals surface area (Å²) in [6.45, 7) is -0.418. The van der Waals surface area contributed by atoms with Crippen LogP contribution in [0.2, 0.25) is 0 Å². The minimum absolute atomic E-state index is 0.630. The smallest absolute Gasteiger partial charge is 0.197 e. The Hall–Kier alpha value is -0.260. The third kappa shape index (κ3) is 5.75. The van der Waals surface area contributed by atoms with Gasteiger partial charge in [0, 0.05) is 11.5 Å². The number of hydrogen-bond acceptors (Lipinski definition) is 1.